The molecule has 0 aliphatic rings. The number of hydrogen-bond acceptors (Lipinski definition) is 3. The molecule has 106 valence electrons. The Morgan fingerprint density at radius 1 is 1.17 bits per heavy atom. The average molecular weight is 254 g/mol. The van der Waals surface area contributed by atoms with Crippen molar-refractivity contribution in [1.29, 1.82) is 5.26 Å². The van der Waals surface area contributed by atoms with E-state index >= 15 is 0 Å². The molecule has 0 atom stereocenters. The monoisotopic (exact) mass is 254 g/mol. The Kier molecular flexibility index (Phi) is 9.05. The fraction of sp³-hybridized carbons (Fsp3) is 0.933. The molecule has 0 aromatic carbocycles. The summed E-state index contributed by atoms with van der Waals surface area (Å²) in [6, 6.07) is 2.93. The van der Waals surface area contributed by atoms with Crippen LogP contribution in [0.1, 0.15) is 59.8 Å². The summed E-state index contributed by atoms with van der Waals surface area (Å²) in [5.74, 6) is 0. The van der Waals surface area contributed by atoms with E-state index in [1.807, 2.05) is 13.8 Å². The van der Waals surface area contributed by atoms with Gasteiger partial charge in [0.2, 0.25) is 0 Å². The molecule has 0 spiro atoms. The summed E-state index contributed by atoms with van der Waals surface area (Å²) in [4.78, 5) is 2.39. The maximum atomic E-state index is 9.12. The van der Waals surface area contributed by atoms with Gasteiger partial charge in [0.15, 0.2) is 0 Å². The predicted octanol–water partition coefficient (Wildman–Crippen LogP) is 3.19. The van der Waals surface area contributed by atoms with Crippen molar-refractivity contribution >= 4 is 0 Å². The second-order valence-corrected chi connectivity index (χ2v) is 5.68. The minimum absolute atomic E-state index is 0.198. The molecule has 0 rings (SSSR count). The van der Waals surface area contributed by atoms with Gasteiger partial charge in [0.25, 0.3) is 0 Å². The van der Waals surface area contributed by atoms with Gasteiger partial charge in [-0.05, 0) is 46.1 Å². The van der Waals surface area contributed by atoms with Crippen LogP contribution in [0.2, 0.25) is 0 Å². The first-order valence-corrected chi connectivity index (χ1v) is 7.26. The smallest absolute Gasteiger partial charge is 0.0683 e. The maximum Gasteiger partial charge on any atom is 0.0683 e. The number of nitrogens with zero attached hydrogens (tertiary/aromatic N) is 2. The van der Waals surface area contributed by atoms with Crippen molar-refractivity contribution in [3.63, 3.8) is 0 Å². The first kappa shape index (κ1) is 17.4. The molecular formula is C15H30N2O. The SMILES string of the molecule is CCC(CC)N(CCO)CCCCC(C)(C)C#N. The van der Waals surface area contributed by atoms with Gasteiger partial charge in [-0.3, -0.25) is 4.90 Å². The Labute approximate surface area is 113 Å². The van der Waals surface area contributed by atoms with Crippen LogP contribution >= 0.6 is 0 Å². The molecule has 0 aliphatic carbocycles. The molecule has 0 amide bonds. The number of hydrogen-bond donors (Lipinski definition) is 1. The Morgan fingerprint density at radius 3 is 2.22 bits per heavy atom. The molecule has 0 aliphatic heterocycles. The van der Waals surface area contributed by atoms with Gasteiger partial charge in [0.05, 0.1) is 18.1 Å². The summed E-state index contributed by atoms with van der Waals surface area (Å²) in [5.41, 5.74) is -0.198. The fourth-order valence-electron chi connectivity index (χ4n) is 2.35. The minimum atomic E-state index is -0.198. The predicted molar refractivity (Wildman–Crippen MR) is 76.3 cm³/mol. The lowest BCUT2D eigenvalue weighted by atomic mass is 9.89. The van der Waals surface area contributed by atoms with Gasteiger partial charge in [-0.1, -0.05) is 20.3 Å². The van der Waals surface area contributed by atoms with E-state index in [1.54, 1.807) is 0 Å². The largest absolute Gasteiger partial charge is 0.395 e. The molecule has 0 unspecified atom stereocenters. The Balaban J connectivity index is 4.02. The molecule has 0 aromatic heterocycles. The van der Waals surface area contributed by atoms with Crippen LogP contribution in [0.15, 0.2) is 0 Å². The van der Waals surface area contributed by atoms with Gasteiger partial charge in [-0.15, -0.1) is 0 Å². The summed E-state index contributed by atoms with van der Waals surface area (Å²) >= 11 is 0. The highest BCUT2D eigenvalue weighted by atomic mass is 16.3. The molecule has 18 heavy (non-hydrogen) atoms. The first-order valence-electron chi connectivity index (χ1n) is 7.26. The van der Waals surface area contributed by atoms with Crippen LogP contribution in [0.25, 0.3) is 0 Å². The molecule has 1 N–H and O–H groups in total. The summed E-state index contributed by atoms with van der Waals surface area (Å²) < 4.78 is 0. The molecule has 0 saturated heterocycles. The Bertz CT molecular complexity index is 241. The maximum absolute atomic E-state index is 9.12. The molecule has 0 radical (unpaired) electrons. The van der Waals surface area contributed by atoms with Crippen molar-refractivity contribution in [2.24, 2.45) is 5.41 Å². The molecule has 0 aromatic rings. The molecule has 0 saturated carbocycles. The van der Waals surface area contributed by atoms with Gasteiger partial charge in [0, 0.05) is 12.6 Å². The number of rotatable bonds is 10. The van der Waals surface area contributed by atoms with E-state index in [2.05, 4.69) is 24.8 Å². The highest BCUT2D eigenvalue weighted by Gasteiger charge is 2.17. The van der Waals surface area contributed by atoms with Crippen LogP contribution in [0, 0.1) is 16.7 Å². The molecule has 0 heterocycles. The van der Waals surface area contributed by atoms with Crippen LogP contribution in [-0.2, 0) is 0 Å². The zero-order valence-corrected chi connectivity index (χ0v) is 12.6. The van der Waals surface area contributed by atoms with Crippen LogP contribution in [0.4, 0.5) is 0 Å². The molecular weight excluding hydrogens is 224 g/mol. The minimum Gasteiger partial charge on any atom is -0.395 e. The van der Waals surface area contributed by atoms with Crippen molar-refractivity contribution < 1.29 is 5.11 Å². The lowest BCUT2D eigenvalue weighted by Crippen LogP contribution is -2.37. The third-order valence-electron chi connectivity index (χ3n) is 3.65. The van der Waals surface area contributed by atoms with Crippen LogP contribution in [-0.4, -0.2) is 35.7 Å². The van der Waals surface area contributed by atoms with Crippen LogP contribution in [0.5, 0.6) is 0 Å². The van der Waals surface area contributed by atoms with E-state index in [9.17, 15) is 0 Å². The van der Waals surface area contributed by atoms with Crippen molar-refractivity contribution in [3.05, 3.63) is 0 Å². The van der Waals surface area contributed by atoms with Gasteiger partial charge in [-0.25, -0.2) is 0 Å². The van der Waals surface area contributed by atoms with Crippen LogP contribution < -0.4 is 0 Å². The highest BCUT2D eigenvalue weighted by Crippen LogP contribution is 2.22. The van der Waals surface area contributed by atoms with Gasteiger partial charge >= 0.3 is 0 Å². The molecule has 3 heteroatoms. The summed E-state index contributed by atoms with van der Waals surface area (Å²) in [5, 5.41) is 18.1. The fourth-order valence-corrected chi connectivity index (χ4v) is 2.35. The van der Waals surface area contributed by atoms with Gasteiger partial charge in [0.1, 0.15) is 0 Å². The van der Waals surface area contributed by atoms with E-state index in [0.717, 1.165) is 45.2 Å². The van der Waals surface area contributed by atoms with Crippen molar-refractivity contribution in [1.82, 2.24) is 4.90 Å². The van der Waals surface area contributed by atoms with Crippen LogP contribution in [0.3, 0.4) is 0 Å². The zero-order chi connectivity index (χ0) is 14.0. The highest BCUT2D eigenvalue weighted by molar-refractivity contribution is 4.91. The van der Waals surface area contributed by atoms with E-state index in [0.29, 0.717) is 6.04 Å². The lowest BCUT2D eigenvalue weighted by molar-refractivity contribution is 0.140. The number of unbranched alkanes of at least 4 members (excludes halogenated alkanes) is 1. The van der Waals surface area contributed by atoms with Crippen molar-refractivity contribution in [3.8, 4) is 6.07 Å². The molecule has 0 fully saturated rings. The van der Waals surface area contributed by atoms with Gasteiger partial charge in [-0.2, -0.15) is 5.26 Å². The van der Waals surface area contributed by atoms with E-state index in [-0.39, 0.29) is 12.0 Å². The summed E-state index contributed by atoms with van der Waals surface area (Å²) in [6.07, 6.45) is 5.43. The number of aliphatic hydroxyl groups is 1. The van der Waals surface area contributed by atoms with Crippen molar-refractivity contribution in [2.45, 2.75) is 65.8 Å². The lowest BCUT2D eigenvalue weighted by Gasteiger charge is -2.30. The Hall–Kier alpha value is -0.590. The van der Waals surface area contributed by atoms with Crippen molar-refractivity contribution in [2.75, 3.05) is 19.7 Å². The second kappa shape index (κ2) is 9.35. The topological polar surface area (TPSA) is 47.3 Å². The average Bonchev–Trinajstić information content (AvgIpc) is 2.36. The normalized spacial score (nSPS) is 12.1. The van der Waals surface area contributed by atoms with E-state index in [4.69, 9.17) is 10.4 Å². The molecule has 0 bridgehead atoms. The third kappa shape index (κ3) is 6.98. The van der Waals surface area contributed by atoms with E-state index < -0.39 is 0 Å². The van der Waals surface area contributed by atoms with Gasteiger partial charge < -0.3 is 5.11 Å². The quantitative estimate of drug-likeness (QED) is 0.609. The molecule has 3 nitrogen and oxygen atoms in total. The summed E-state index contributed by atoms with van der Waals surface area (Å²) in [7, 11) is 0. The number of nitriles is 1. The summed E-state index contributed by atoms with van der Waals surface area (Å²) in [6.45, 7) is 10.5. The van der Waals surface area contributed by atoms with E-state index in [1.165, 1.54) is 0 Å². The zero-order valence-electron chi connectivity index (χ0n) is 12.6. The first-order chi connectivity index (χ1) is 8.50. The third-order valence-corrected chi connectivity index (χ3v) is 3.65. The Morgan fingerprint density at radius 2 is 1.78 bits per heavy atom. The standard InChI is InChI=1S/C15H30N2O/c1-5-14(6-2)17(11-12-18)10-8-7-9-15(3,4)13-16/h14,18H,5-12H2,1-4H3. The number of aliphatic hydroxyl groups excluding tert-OH is 1. The second-order valence-electron chi connectivity index (χ2n) is 5.68.